The van der Waals surface area contributed by atoms with Crippen LogP contribution in [-0.4, -0.2) is 25.8 Å². The molecule has 0 bridgehead atoms. The molecule has 0 saturated carbocycles. The van der Waals surface area contributed by atoms with Crippen LogP contribution in [-0.2, 0) is 14.3 Å². The maximum Gasteiger partial charge on any atom is 0.335 e. The zero-order chi connectivity index (χ0) is 11.4. The van der Waals surface area contributed by atoms with Crippen molar-refractivity contribution in [3.63, 3.8) is 0 Å². The van der Waals surface area contributed by atoms with Crippen LogP contribution in [0, 0.1) is 5.92 Å². The van der Waals surface area contributed by atoms with E-state index in [9.17, 15) is 4.79 Å². The van der Waals surface area contributed by atoms with Crippen molar-refractivity contribution in [1.29, 1.82) is 0 Å². The molecule has 0 aromatic rings. The van der Waals surface area contributed by atoms with Crippen LogP contribution in [0.3, 0.4) is 0 Å². The maximum absolute atomic E-state index is 11.3. The number of ether oxygens (including phenoxy) is 2. The Morgan fingerprint density at radius 2 is 2.27 bits per heavy atom. The van der Waals surface area contributed by atoms with E-state index in [0.717, 1.165) is 6.42 Å². The van der Waals surface area contributed by atoms with Gasteiger partial charge in [-0.1, -0.05) is 13.8 Å². The summed E-state index contributed by atoms with van der Waals surface area (Å²) in [5, 5.41) is 0. The number of methoxy groups -OCH3 is 1. The van der Waals surface area contributed by atoms with Gasteiger partial charge in [0, 0.05) is 12.3 Å². The molecule has 1 unspecified atom stereocenters. The summed E-state index contributed by atoms with van der Waals surface area (Å²) in [6.45, 7) is 4.83. The van der Waals surface area contributed by atoms with Crippen LogP contribution in [0.4, 0.5) is 0 Å². The van der Waals surface area contributed by atoms with Crippen LogP contribution in [0.15, 0.2) is 11.3 Å². The molecule has 0 radical (unpaired) electrons. The second kappa shape index (κ2) is 5.16. The molecule has 0 aromatic heterocycles. The van der Waals surface area contributed by atoms with Crippen molar-refractivity contribution in [3.05, 3.63) is 11.3 Å². The van der Waals surface area contributed by atoms with E-state index in [0.29, 0.717) is 30.2 Å². The molecule has 0 spiro atoms. The lowest BCUT2D eigenvalue weighted by molar-refractivity contribution is -0.136. The van der Waals surface area contributed by atoms with Gasteiger partial charge in [-0.2, -0.15) is 0 Å². The summed E-state index contributed by atoms with van der Waals surface area (Å²) < 4.78 is 10.3. The molecule has 0 aromatic carbocycles. The quantitative estimate of drug-likeness (QED) is 0.713. The van der Waals surface area contributed by atoms with Gasteiger partial charge in [0.15, 0.2) is 0 Å². The van der Waals surface area contributed by atoms with Crippen LogP contribution in [0.1, 0.15) is 26.7 Å². The molecule has 1 aliphatic carbocycles. The van der Waals surface area contributed by atoms with Gasteiger partial charge in [-0.05, 0) is 18.8 Å². The Kier molecular flexibility index (Phi) is 4.15. The van der Waals surface area contributed by atoms with E-state index < -0.39 is 0 Å². The largest absolute Gasteiger partial charge is 0.466 e. The average molecular weight is 213 g/mol. The summed E-state index contributed by atoms with van der Waals surface area (Å²) in [6.07, 6.45) is 1.33. The van der Waals surface area contributed by atoms with Crippen molar-refractivity contribution in [2.24, 2.45) is 11.7 Å². The van der Waals surface area contributed by atoms with Gasteiger partial charge < -0.3 is 15.2 Å². The molecule has 0 fully saturated rings. The third-order valence-corrected chi connectivity index (χ3v) is 2.41. The van der Waals surface area contributed by atoms with Crippen molar-refractivity contribution in [2.45, 2.75) is 32.8 Å². The number of hydrogen-bond acceptors (Lipinski definition) is 4. The highest BCUT2D eigenvalue weighted by molar-refractivity contribution is 5.89. The summed E-state index contributed by atoms with van der Waals surface area (Å²) in [6, 6.07) is 0. The van der Waals surface area contributed by atoms with E-state index in [2.05, 4.69) is 18.6 Å². The van der Waals surface area contributed by atoms with Crippen LogP contribution < -0.4 is 5.73 Å². The Balaban J connectivity index is 2.57. The van der Waals surface area contributed by atoms with Gasteiger partial charge in [-0.25, -0.2) is 4.79 Å². The molecule has 0 aliphatic heterocycles. The fourth-order valence-corrected chi connectivity index (χ4v) is 1.59. The predicted molar refractivity (Wildman–Crippen MR) is 57.0 cm³/mol. The van der Waals surface area contributed by atoms with E-state index in [1.54, 1.807) is 0 Å². The lowest BCUT2D eigenvalue weighted by Crippen LogP contribution is -2.21. The minimum absolute atomic E-state index is 0.110. The number of rotatable bonds is 4. The van der Waals surface area contributed by atoms with Gasteiger partial charge in [0.1, 0.15) is 0 Å². The fourth-order valence-electron chi connectivity index (χ4n) is 1.59. The third-order valence-electron chi connectivity index (χ3n) is 2.41. The molecule has 15 heavy (non-hydrogen) atoms. The number of carbonyl (C=O) groups excluding carboxylic acids is 1. The second-order valence-electron chi connectivity index (χ2n) is 4.18. The van der Waals surface area contributed by atoms with Crippen LogP contribution in [0.2, 0.25) is 0 Å². The fraction of sp³-hybridized carbons (Fsp3) is 0.727. The first-order chi connectivity index (χ1) is 7.06. The van der Waals surface area contributed by atoms with Gasteiger partial charge in [-0.3, -0.25) is 0 Å². The third kappa shape index (κ3) is 2.96. The number of hydrogen-bond donors (Lipinski definition) is 1. The highest BCUT2D eigenvalue weighted by Gasteiger charge is 2.28. The highest BCUT2D eigenvalue weighted by Crippen LogP contribution is 2.26. The maximum atomic E-state index is 11.3. The summed E-state index contributed by atoms with van der Waals surface area (Å²) in [7, 11) is 1.37. The van der Waals surface area contributed by atoms with E-state index in [-0.39, 0.29) is 12.1 Å². The van der Waals surface area contributed by atoms with Crippen LogP contribution in [0.25, 0.3) is 0 Å². The summed E-state index contributed by atoms with van der Waals surface area (Å²) >= 11 is 0. The number of esters is 1. The van der Waals surface area contributed by atoms with E-state index in [1.165, 1.54) is 7.11 Å². The Morgan fingerprint density at radius 3 is 2.80 bits per heavy atom. The lowest BCUT2D eigenvalue weighted by Gasteiger charge is -2.14. The molecule has 86 valence electrons. The molecule has 0 saturated heterocycles. The van der Waals surface area contributed by atoms with Gasteiger partial charge in [0.25, 0.3) is 0 Å². The summed E-state index contributed by atoms with van der Waals surface area (Å²) in [5.74, 6) is 0.142. The normalized spacial score (nSPS) is 21.2. The SMILES string of the molecule is COC(=O)C1=C(N)C(OCC(C)C)CC1. The topological polar surface area (TPSA) is 61.5 Å². The monoisotopic (exact) mass is 213 g/mol. The molecule has 4 heteroatoms. The van der Waals surface area contributed by atoms with Crippen molar-refractivity contribution in [3.8, 4) is 0 Å². The Bertz CT molecular complexity index is 271. The standard InChI is InChI=1S/C11H19NO3/c1-7(2)6-15-9-5-4-8(10(9)12)11(13)14-3/h7,9H,4-6,12H2,1-3H3. The van der Waals surface area contributed by atoms with Crippen molar-refractivity contribution in [2.75, 3.05) is 13.7 Å². The Hall–Kier alpha value is -1.03. The minimum atomic E-state index is -0.330. The molecule has 4 nitrogen and oxygen atoms in total. The number of carbonyl (C=O) groups is 1. The lowest BCUT2D eigenvalue weighted by atomic mass is 10.2. The molecule has 1 aliphatic rings. The van der Waals surface area contributed by atoms with E-state index in [1.807, 2.05) is 0 Å². The zero-order valence-corrected chi connectivity index (χ0v) is 9.58. The van der Waals surface area contributed by atoms with Crippen LogP contribution in [0.5, 0.6) is 0 Å². The smallest absolute Gasteiger partial charge is 0.335 e. The van der Waals surface area contributed by atoms with Gasteiger partial charge in [0.05, 0.1) is 18.8 Å². The second-order valence-corrected chi connectivity index (χ2v) is 4.18. The zero-order valence-electron chi connectivity index (χ0n) is 9.58. The average Bonchev–Trinajstić information content (AvgIpc) is 2.56. The molecule has 2 N–H and O–H groups in total. The van der Waals surface area contributed by atoms with E-state index in [4.69, 9.17) is 10.5 Å². The minimum Gasteiger partial charge on any atom is -0.466 e. The van der Waals surface area contributed by atoms with Gasteiger partial charge in [0.2, 0.25) is 0 Å². The first-order valence-electron chi connectivity index (χ1n) is 5.24. The molecule has 0 heterocycles. The van der Waals surface area contributed by atoms with Crippen molar-refractivity contribution >= 4 is 5.97 Å². The van der Waals surface area contributed by atoms with Gasteiger partial charge >= 0.3 is 5.97 Å². The Morgan fingerprint density at radius 1 is 1.60 bits per heavy atom. The molecule has 1 rings (SSSR count). The van der Waals surface area contributed by atoms with E-state index >= 15 is 0 Å². The molecule has 0 amide bonds. The first kappa shape index (κ1) is 12.0. The number of nitrogens with two attached hydrogens (primary N) is 1. The molecular formula is C11H19NO3. The summed E-state index contributed by atoms with van der Waals surface area (Å²) in [5.41, 5.74) is 6.96. The first-order valence-corrected chi connectivity index (χ1v) is 5.24. The van der Waals surface area contributed by atoms with Crippen molar-refractivity contribution in [1.82, 2.24) is 0 Å². The van der Waals surface area contributed by atoms with Crippen LogP contribution >= 0.6 is 0 Å². The summed E-state index contributed by atoms with van der Waals surface area (Å²) in [4.78, 5) is 11.3. The molecule has 1 atom stereocenters. The molecular weight excluding hydrogens is 194 g/mol. The predicted octanol–water partition coefficient (Wildman–Crippen LogP) is 1.21. The van der Waals surface area contributed by atoms with Crippen molar-refractivity contribution < 1.29 is 14.3 Å². The highest BCUT2D eigenvalue weighted by atomic mass is 16.5. The Labute approximate surface area is 90.4 Å². The van der Waals surface area contributed by atoms with Gasteiger partial charge in [-0.15, -0.1) is 0 Å².